The van der Waals surface area contributed by atoms with Crippen LogP contribution in [-0.2, 0) is 14.3 Å². The normalized spacial score (nSPS) is 39.0. The lowest BCUT2D eigenvalue weighted by Gasteiger charge is -2.34. The van der Waals surface area contributed by atoms with Gasteiger partial charge in [-0.2, -0.15) is 0 Å². The second kappa shape index (κ2) is 3.87. The molecule has 0 aromatic heterocycles. The van der Waals surface area contributed by atoms with E-state index in [0.717, 1.165) is 0 Å². The van der Waals surface area contributed by atoms with Crippen LogP contribution in [0.2, 0.25) is 0 Å². The van der Waals surface area contributed by atoms with Gasteiger partial charge in [-0.25, -0.2) is 0 Å². The molecule has 2 aliphatic rings. The molecule has 1 aliphatic heterocycles. The maximum Gasteiger partial charge on any atom is 0.305 e. The summed E-state index contributed by atoms with van der Waals surface area (Å²) in [5.74, 6) is 1.20. The van der Waals surface area contributed by atoms with Gasteiger partial charge in [-0.3, -0.25) is 4.79 Å². The second-order valence-corrected chi connectivity index (χ2v) is 4.71. The summed E-state index contributed by atoms with van der Waals surface area (Å²) in [6, 6.07) is 0. The van der Waals surface area contributed by atoms with Crippen molar-refractivity contribution < 1.29 is 14.3 Å². The predicted molar refractivity (Wildman–Crippen MR) is 55.8 cm³/mol. The Labute approximate surface area is 90.4 Å². The fourth-order valence-electron chi connectivity index (χ4n) is 2.84. The van der Waals surface area contributed by atoms with Gasteiger partial charge < -0.3 is 9.47 Å². The van der Waals surface area contributed by atoms with Crippen LogP contribution in [0.1, 0.15) is 33.6 Å². The molecule has 15 heavy (non-hydrogen) atoms. The van der Waals surface area contributed by atoms with Gasteiger partial charge in [0.05, 0.1) is 6.26 Å². The van der Waals surface area contributed by atoms with Crippen LogP contribution in [0.4, 0.5) is 0 Å². The minimum atomic E-state index is -0.367. The molecule has 1 aliphatic carbocycles. The molecule has 0 aromatic rings. The Kier molecular flexibility index (Phi) is 2.72. The van der Waals surface area contributed by atoms with Gasteiger partial charge in [-0.05, 0) is 37.2 Å². The van der Waals surface area contributed by atoms with Crippen LogP contribution in [0.15, 0.2) is 11.8 Å². The standard InChI is InChI=1S/C12H18O3/c1-7-4-5-10-8(2)6-14-12(11(7)10)15-9(3)13/h6-7,10-12H,4-5H2,1-3H3/t7-,10-,11-,12-/m0/s1. The molecule has 3 heteroatoms. The largest absolute Gasteiger partial charge is 0.462 e. The lowest BCUT2D eigenvalue weighted by atomic mass is 9.84. The third-order valence-corrected chi connectivity index (χ3v) is 3.62. The summed E-state index contributed by atoms with van der Waals surface area (Å²) in [6.07, 6.45) is 3.78. The SMILES string of the molecule is CC(=O)O[C@@H]1OC=C(C)[C@@H]2CC[C@H](C)[C@H]12. The van der Waals surface area contributed by atoms with E-state index in [1.165, 1.54) is 25.3 Å². The van der Waals surface area contributed by atoms with E-state index in [9.17, 15) is 4.79 Å². The predicted octanol–water partition coefficient (Wildman–Crippen LogP) is 2.47. The van der Waals surface area contributed by atoms with Crippen LogP contribution in [0.5, 0.6) is 0 Å². The highest BCUT2D eigenvalue weighted by atomic mass is 16.7. The van der Waals surface area contributed by atoms with Crippen molar-refractivity contribution in [1.82, 2.24) is 0 Å². The third-order valence-electron chi connectivity index (χ3n) is 3.62. The first-order valence-corrected chi connectivity index (χ1v) is 5.59. The summed E-state index contributed by atoms with van der Waals surface area (Å²) in [5, 5.41) is 0. The third kappa shape index (κ3) is 1.87. The molecule has 0 radical (unpaired) electrons. The molecular weight excluding hydrogens is 192 g/mol. The number of fused-ring (bicyclic) bond motifs is 1. The monoisotopic (exact) mass is 210 g/mol. The Bertz CT molecular complexity index is 295. The zero-order chi connectivity index (χ0) is 11.0. The Morgan fingerprint density at radius 3 is 2.93 bits per heavy atom. The van der Waals surface area contributed by atoms with Gasteiger partial charge in [-0.1, -0.05) is 6.92 Å². The number of carbonyl (C=O) groups is 1. The van der Waals surface area contributed by atoms with Gasteiger partial charge >= 0.3 is 5.97 Å². The molecule has 1 saturated carbocycles. The molecule has 4 atom stereocenters. The van der Waals surface area contributed by atoms with Gasteiger partial charge in [0, 0.05) is 12.8 Å². The first kappa shape index (κ1) is 10.5. The van der Waals surface area contributed by atoms with E-state index in [2.05, 4.69) is 13.8 Å². The van der Waals surface area contributed by atoms with Gasteiger partial charge in [-0.15, -0.1) is 0 Å². The fraction of sp³-hybridized carbons (Fsp3) is 0.750. The highest BCUT2D eigenvalue weighted by Gasteiger charge is 2.44. The van der Waals surface area contributed by atoms with Gasteiger partial charge in [0.1, 0.15) is 0 Å². The molecule has 1 heterocycles. The van der Waals surface area contributed by atoms with E-state index in [-0.39, 0.29) is 12.3 Å². The van der Waals surface area contributed by atoms with Crippen LogP contribution >= 0.6 is 0 Å². The lowest BCUT2D eigenvalue weighted by molar-refractivity contribution is -0.184. The number of hydrogen-bond donors (Lipinski definition) is 0. The van der Waals surface area contributed by atoms with Crippen molar-refractivity contribution in [2.24, 2.45) is 17.8 Å². The van der Waals surface area contributed by atoms with Crippen molar-refractivity contribution in [2.75, 3.05) is 0 Å². The average molecular weight is 210 g/mol. The molecule has 84 valence electrons. The quantitative estimate of drug-likeness (QED) is 0.624. The molecule has 1 fully saturated rings. The smallest absolute Gasteiger partial charge is 0.305 e. The molecule has 0 aromatic carbocycles. The van der Waals surface area contributed by atoms with Crippen LogP contribution in [0.25, 0.3) is 0 Å². The average Bonchev–Trinajstić information content (AvgIpc) is 2.54. The lowest BCUT2D eigenvalue weighted by Crippen LogP contribution is -2.36. The number of ether oxygens (including phenoxy) is 2. The first-order valence-electron chi connectivity index (χ1n) is 5.59. The summed E-state index contributed by atoms with van der Waals surface area (Å²) in [7, 11) is 0. The van der Waals surface area contributed by atoms with Crippen molar-refractivity contribution >= 4 is 5.97 Å². The van der Waals surface area contributed by atoms with Crippen molar-refractivity contribution in [3.8, 4) is 0 Å². The Balaban J connectivity index is 2.16. The van der Waals surface area contributed by atoms with Crippen LogP contribution in [0.3, 0.4) is 0 Å². The number of hydrogen-bond acceptors (Lipinski definition) is 3. The number of carbonyl (C=O) groups excluding carboxylic acids is 1. The minimum absolute atomic E-state index is 0.259. The summed E-state index contributed by atoms with van der Waals surface area (Å²) in [5.41, 5.74) is 1.28. The van der Waals surface area contributed by atoms with E-state index < -0.39 is 0 Å². The summed E-state index contributed by atoms with van der Waals surface area (Å²) >= 11 is 0. The van der Waals surface area contributed by atoms with E-state index in [1.54, 1.807) is 6.26 Å². The van der Waals surface area contributed by atoms with Crippen molar-refractivity contribution in [3.63, 3.8) is 0 Å². The highest BCUT2D eigenvalue weighted by Crippen LogP contribution is 2.46. The Hall–Kier alpha value is -0.990. The molecule has 0 amide bonds. The van der Waals surface area contributed by atoms with Crippen molar-refractivity contribution in [2.45, 2.75) is 39.9 Å². The number of allylic oxidation sites excluding steroid dienone is 1. The molecule has 3 nitrogen and oxygen atoms in total. The Morgan fingerprint density at radius 1 is 1.53 bits per heavy atom. The summed E-state index contributed by atoms with van der Waals surface area (Å²) < 4.78 is 10.7. The van der Waals surface area contributed by atoms with Crippen LogP contribution in [-0.4, -0.2) is 12.3 Å². The summed E-state index contributed by atoms with van der Waals surface area (Å²) in [4.78, 5) is 11.0. The van der Waals surface area contributed by atoms with E-state index in [1.807, 2.05) is 0 Å². The van der Waals surface area contributed by atoms with E-state index in [0.29, 0.717) is 17.8 Å². The highest BCUT2D eigenvalue weighted by molar-refractivity contribution is 5.66. The van der Waals surface area contributed by atoms with Crippen LogP contribution < -0.4 is 0 Å². The van der Waals surface area contributed by atoms with Crippen molar-refractivity contribution in [3.05, 3.63) is 11.8 Å². The summed E-state index contributed by atoms with van der Waals surface area (Å²) in [6.45, 7) is 5.74. The van der Waals surface area contributed by atoms with Crippen LogP contribution in [0, 0.1) is 17.8 Å². The van der Waals surface area contributed by atoms with Gasteiger partial charge in [0.2, 0.25) is 6.29 Å². The van der Waals surface area contributed by atoms with Crippen molar-refractivity contribution in [1.29, 1.82) is 0 Å². The maximum absolute atomic E-state index is 11.0. The van der Waals surface area contributed by atoms with E-state index >= 15 is 0 Å². The maximum atomic E-state index is 11.0. The zero-order valence-corrected chi connectivity index (χ0v) is 9.53. The molecule has 0 spiro atoms. The molecular formula is C12H18O3. The number of esters is 1. The molecule has 2 rings (SSSR count). The second-order valence-electron chi connectivity index (χ2n) is 4.71. The Morgan fingerprint density at radius 2 is 2.27 bits per heavy atom. The molecule has 0 unspecified atom stereocenters. The zero-order valence-electron chi connectivity index (χ0n) is 9.53. The van der Waals surface area contributed by atoms with Gasteiger partial charge in [0.15, 0.2) is 0 Å². The van der Waals surface area contributed by atoms with E-state index in [4.69, 9.17) is 9.47 Å². The van der Waals surface area contributed by atoms with Gasteiger partial charge in [0.25, 0.3) is 0 Å². The minimum Gasteiger partial charge on any atom is -0.462 e. The molecule has 0 bridgehead atoms. The number of rotatable bonds is 1. The molecule has 0 N–H and O–H groups in total. The first-order chi connectivity index (χ1) is 7.09. The fourth-order valence-corrected chi connectivity index (χ4v) is 2.84. The topological polar surface area (TPSA) is 35.5 Å². The molecule has 0 saturated heterocycles.